The molecule has 116 valence electrons. The van der Waals surface area contributed by atoms with Crippen LogP contribution in [0, 0.1) is 13.8 Å². The number of likely N-dealkylation sites (tertiary alicyclic amines) is 1. The molecule has 21 heavy (non-hydrogen) atoms. The minimum absolute atomic E-state index is 0.0850. The Morgan fingerprint density at radius 2 is 2.19 bits per heavy atom. The zero-order chi connectivity index (χ0) is 15.6. The van der Waals surface area contributed by atoms with Crippen molar-refractivity contribution >= 4 is 23.6 Å². The molecule has 0 unspecified atom stereocenters. The average Bonchev–Trinajstić information content (AvgIpc) is 2.95. The van der Waals surface area contributed by atoms with E-state index in [9.17, 15) is 14.7 Å². The summed E-state index contributed by atoms with van der Waals surface area (Å²) in [5, 5.41) is 22.4. The molecule has 1 aliphatic rings. The Bertz CT molecular complexity index is 525. The fourth-order valence-corrected chi connectivity index (χ4v) is 3.41. The minimum atomic E-state index is -1.07. The molecule has 7 nitrogen and oxygen atoms in total. The largest absolute Gasteiger partial charge is 0.480 e. The van der Waals surface area contributed by atoms with Crippen LogP contribution in [-0.4, -0.2) is 56.6 Å². The highest BCUT2D eigenvalue weighted by atomic mass is 32.2. The van der Waals surface area contributed by atoms with Crippen molar-refractivity contribution in [1.82, 2.24) is 10.1 Å². The van der Waals surface area contributed by atoms with Crippen LogP contribution >= 0.6 is 11.8 Å². The number of amides is 1. The molecule has 1 aliphatic heterocycles. The van der Waals surface area contributed by atoms with Gasteiger partial charge in [0.1, 0.15) is 11.8 Å². The molecule has 8 heteroatoms. The lowest BCUT2D eigenvalue weighted by Crippen LogP contribution is -2.41. The van der Waals surface area contributed by atoms with Crippen LogP contribution in [0.3, 0.4) is 0 Å². The van der Waals surface area contributed by atoms with Crippen molar-refractivity contribution in [3.05, 3.63) is 17.0 Å². The third-order valence-corrected chi connectivity index (χ3v) is 4.48. The van der Waals surface area contributed by atoms with Crippen molar-refractivity contribution in [2.24, 2.45) is 0 Å². The first-order valence-electron chi connectivity index (χ1n) is 6.60. The molecule has 2 rings (SSSR count). The highest BCUT2D eigenvalue weighted by Gasteiger charge is 2.38. The Kier molecular flexibility index (Phi) is 4.89. The smallest absolute Gasteiger partial charge is 0.326 e. The number of carbonyl (C=O) groups is 2. The van der Waals surface area contributed by atoms with E-state index in [4.69, 9.17) is 9.63 Å². The van der Waals surface area contributed by atoms with E-state index in [0.29, 0.717) is 5.75 Å². The normalized spacial score (nSPS) is 21.8. The van der Waals surface area contributed by atoms with Gasteiger partial charge in [0, 0.05) is 24.3 Å². The number of aromatic nitrogens is 1. The summed E-state index contributed by atoms with van der Waals surface area (Å²) in [6.45, 7) is 3.74. The number of aliphatic carboxylic acids is 1. The van der Waals surface area contributed by atoms with Crippen molar-refractivity contribution in [1.29, 1.82) is 0 Å². The van der Waals surface area contributed by atoms with Crippen molar-refractivity contribution in [3.63, 3.8) is 0 Å². The van der Waals surface area contributed by atoms with E-state index < -0.39 is 18.1 Å². The fourth-order valence-electron chi connectivity index (χ4n) is 2.35. The Labute approximate surface area is 126 Å². The summed E-state index contributed by atoms with van der Waals surface area (Å²) in [4.78, 5) is 24.4. The predicted molar refractivity (Wildman–Crippen MR) is 75.9 cm³/mol. The van der Waals surface area contributed by atoms with Crippen molar-refractivity contribution in [3.8, 4) is 0 Å². The SMILES string of the molecule is Cc1noc(C)c1CSCC(=O)N1C[C@H](O)C[C@H]1C(=O)O. The van der Waals surface area contributed by atoms with Crippen molar-refractivity contribution in [2.45, 2.75) is 38.2 Å². The molecule has 1 amide bonds. The van der Waals surface area contributed by atoms with Crippen LogP contribution in [0.5, 0.6) is 0 Å². The number of rotatable bonds is 5. The molecule has 1 aromatic rings. The van der Waals surface area contributed by atoms with E-state index in [2.05, 4.69) is 5.16 Å². The number of thioether (sulfide) groups is 1. The quantitative estimate of drug-likeness (QED) is 0.818. The average molecular weight is 314 g/mol. The lowest BCUT2D eigenvalue weighted by Gasteiger charge is -2.20. The van der Waals surface area contributed by atoms with Crippen molar-refractivity contribution < 1.29 is 24.3 Å². The number of carbonyl (C=O) groups excluding carboxylic acids is 1. The number of aliphatic hydroxyl groups excluding tert-OH is 1. The van der Waals surface area contributed by atoms with Gasteiger partial charge in [-0.1, -0.05) is 5.16 Å². The van der Waals surface area contributed by atoms with Gasteiger partial charge >= 0.3 is 5.97 Å². The molecular weight excluding hydrogens is 296 g/mol. The van der Waals surface area contributed by atoms with E-state index in [0.717, 1.165) is 17.0 Å². The lowest BCUT2D eigenvalue weighted by molar-refractivity contribution is -0.147. The Balaban J connectivity index is 1.88. The number of carboxylic acids is 1. The van der Waals surface area contributed by atoms with Gasteiger partial charge in [0.05, 0.1) is 17.6 Å². The van der Waals surface area contributed by atoms with Crippen LogP contribution in [0.15, 0.2) is 4.52 Å². The first-order chi connectivity index (χ1) is 9.90. The van der Waals surface area contributed by atoms with Gasteiger partial charge in [-0.3, -0.25) is 4.79 Å². The maximum absolute atomic E-state index is 12.1. The summed E-state index contributed by atoms with van der Waals surface area (Å²) in [5.74, 6) is 0.139. The van der Waals surface area contributed by atoms with Gasteiger partial charge in [-0.05, 0) is 13.8 Å². The lowest BCUT2D eigenvalue weighted by atomic mass is 10.2. The van der Waals surface area contributed by atoms with Crippen LogP contribution in [-0.2, 0) is 15.3 Å². The molecule has 1 fully saturated rings. The van der Waals surface area contributed by atoms with Crippen LogP contribution in [0.1, 0.15) is 23.4 Å². The third-order valence-electron chi connectivity index (χ3n) is 3.54. The molecule has 2 heterocycles. The van der Waals surface area contributed by atoms with Gasteiger partial charge < -0.3 is 19.6 Å². The Morgan fingerprint density at radius 3 is 2.76 bits per heavy atom. The highest BCUT2D eigenvalue weighted by Crippen LogP contribution is 2.22. The van der Waals surface area contributed by atoms with Crippen LogP contribution in [0.25, 0.3) is 0 Å². The van der Waals surface area contributed by atoms with E-state index in [1.807, 2.05) is 13.8 Å². The third kappa shape index (κ3) is 3.56. The number of nitrogens with zero attached hydrogens (tertiary/aromatic N) is 2. The molecular formula is C13H18N2O5S. The van der Waals surface area contributed by atoms with Gasteiger partial charge in [0.2, 0.25) is 5.91 Å². The maximum Gasteiger partial charge on any atom is 0.326 e. The minimum Gasteiger partial charge on any atom is -0.480 e. The van der Waals surface area contributed by atoms with Crippen LogP contribution in [0.2, 0.25) is 0 Å². The summed E-state index contributed by atoms with van der Waals surface area (Å²) in [7, 11) is 0. The second-order valence-electron chi connectivity index (χ2n) is 5.09. The second kappa shape index (κ2) is 6.48. The Morgan fingerprint density at radius 1 is 1.48 bits per heavy atom. The molecule has 1 saturated heterocycles. The van der Waals surface area contributed by atoms with Crippen LogP contribution in [0.4, 0.5) is 0 Å². The van der Waals surface area contributed by atoms with E-state index in [-0.39, 0.29) is 24.6 Å². The zero-order valence-corrected chi connectivity index (χ0v) is 12.7. The molecule has 0 bridgehead atoms. The number of carboxylic acid groups (broad SMARTS) is 1. The summed E-state index contributed by atoms with van der Waals surface area (Å²) < 4.78 is 5.05. The summed E-state index contributed by atoms with van der Waals surface area (Å²) >= 11 is 1.38. The van der Waals surface area contributed by atoms with Crippen molar-refractivity contribution in [2.75, 3.05) is 12.3 Å². The van der Waals surface area contributed by atoms with E-state index in [1.165, 1.54) is 16.7 Å². The number of hydrogen-bond donors (Lipinski definition) is 2. The number of β-amino-alcohol motifs (C(OH)–C–C–N with tert-alkyl or cyclic N) is 1. The van der Waals surface area contributed by atoms with Gasteiger partial charge in [-0.25, -0.2) is 4.79 Å². The molecule has 0 aromatic carbocycles. The van der Waals surface area contributed by atoms with Gasteiger partial charge in [-0.2, -0.15) is 0 Å². The molecule has 1 aromatic heterocycles. The number of aryl methyl sites for hydroxylation is 2. The number of hydrogen-bond acceptors (Lipinski definition) is 6. The topological polar surface area (TPSA) is 104 Å². The maximum atomic E-state index is 12.1. The summed E-state index contributed by atoms with van der Waals surface area (Å²) in [6, 6.07) is -0.924. The molecule has 2 atom stereocenters. The summed E-state index contributed by atoms with van der Waals surface area (Å²) in [5.41, 5.74) is 1.76. The monoisotopic (exact) mass is 314 g/mol. The van der Waals surface area contributed by atoms with Crippen LogP contribution < -0.4 is 0 Å². The molecule has 0 radical (unpaired) electrons. The van der Waals surface area contributed by atoms with E-state index in [1.54, 1.807) is 0 Å². The standard InChI is InChI=1S/C13H18N2O5S/c1-7-10(8(2)20-14-7)5-21-6-12(17)15-4-9(16)3-11(15)13(18)19/h9,11,16H,3-6H2,1-2H3,(H,18,19)/t9-,11+/m1/s1. The summed E-state index contributed by atoms with van der Waals surface area (Å²) in [6.07, 6.45) is -0.669. The fraction of sp³-hybridized carbons (Fsp3) is 0.615. The first kappa shape index (κ1) is 15.8. The highest BCUT2D eigenvalue weighted by molar-refractivity contribution is 7.99. The zero-order valence-electron chi connectivity index (χ0n) is 11.9. The first-order valence-corrected chi connectivity index (χ1v) is 7.75. The molecule has 0 spiro atoms. The predicted octanol–water partition coefficient (Wildman–Crippen LogP) is 0.571. The number of aliphatic hydroxyl groups is 1. The Hall–Kier alpha value is -1.54. The molecule has 2 N–H and O–H groups in total. The van der Waals surface area contributed by atoms with Gasteiger partial charge in [0.25, 0.3) is 0 Å². The second-order valence-corrected chi connectivity index (χ2v) is 6.07. The molecule has 0 saturated carbocycles. The molecule has 0 aliphatic carbocycles. The van der Waals surface area contributed by atoms with Gasteiger partial charge in [-0.15, -0.1) is 11.8 Å². The van der Waals surface area contributed by atoms with Gasteiger partial charge in [0.15, 0.2) is 0 Å². The van der Waals surface area contributed by atoms with E-state index >= 15 is 0 Å².